The summed E-state index contributed by atoms with van der Waals surface area (Å²) < 4.78 is 2.31. The van der Waals surface area contributed by atoms with Crippen molar-refractivity contribution in [2.75, 3.05) is 6.54 Å². The van der Waals surface area contributed by atoms with Crippen molar-refractivity contribution in [2.24, 2.45) is 0 Å². The number of aryl methyl sites for hydroxylation is 1. The number of benzene rings is 1. The van der Waals surface area contributed by atoms with Crippen LogP contribution in [0, 0.1) is 6.92 Å². The van der Waals surface area contributed by atoms with Crippen LogP contribution in [-0.4, -0.2) is 22.7 Å². The third kappa shape index (κ3) is 2.86. The van der Waals surface area contributed by atoms with Gasteiger partial charge in [0.1, 0.15) is 5.78 Å². The van der Waals surface area contributed by atoms with Crippen LogP contribution in [0.5, 0.6) is 0 Å². The normalized spacial score (nSPS) is 22.4. The molecular formula is C13H17NOS. The van der Waals surface area contributed by atoms with Gasteiger partial charge in [0, 0.05) is 30.3 Å². The molecule has 1 heterocycles. The van der Waals surface area contributed by atoms with Gasteiger partial charge in [-0.1, -0.05) is 17.7 Å². The molecule has 1 fully saturated rings. The quantitative estimate of drug-likeness (QED) is 0.735. The van der Waals surface area contributed by atoms with Crippen LogP contribution in [0.2, 0.25) is 0 Å². The molecule has 3 heteroatoms. The van der Waals surface area contributed by atoms with Crippen LogP contribution in [0.3, 0.4) is 0 Å². The van der Waals surface area contributed by atoms with Gasteiger partial charge in [0.15, 0.2) is 0 Å². The third-order valence-corrected chi connectivity index (χ3v) is 4.13. The Morgan fingerprint density at radius 3 is 2.62 bits per heavy atom. The van der Waals surface area contributed by atoms with E-state index in [4.69, 9.17) is 0 Å². The molecular weight excluding hydrogens is 218 g/mol. The summed E-state index contributed by atoms with van der Waals surface area (Å²) in [7, 11) is 0. The summed E-state index contributed by atoms with van der Waals surface area (Å²) in [5, 5.41) is 0. The minimum Gasteiger partial charge on any atom is -0.300 e. The van der Waals surface area contributed by atoms with Gasteiger partial charge >= 0.3 is 0 Å². The first-order chi connectivity index (χ1) is 7.65. The van der Waals surface area contributed by atoms with E-state index < -0.39 is 0 Å². The minimum atomic E-state index is 0.354. The van der Waals surface area contributed by atoms with E-state index in [1.165, 1.54) is 10.5 Å². The molecule has 0 amide bonds. The van der Waals surface area contributed by atoms with Crippen molar-refractivity contribution in [3.05, 3.63) is 29.8 Å². The maximum absolute atomic E-state index is 11.3. The average Bonchev–Trinajstić information content (AvgIpc) is 2.25. The van der Waals surface area contributed by atoms with Crippen LogP contribution in [0.25, 0.3) is 0 Å². The van der Waals surface area contributed by atoms with Crippen molar-refractivity contribution < 1.29 is 4.79 Å². The maximum Gasteiger partial charge on any atom is 0.135 e. The summed E-state index contributed by atoms with van der Waals surface area (Å²) in [6.07, 6.45) is 1.39. The van der Waals surface area contributed by atoms with Crippen molar-refractivity contribution in [1.29, 1.82) is 0 Å². The summed E-state index contributed by atoms with van der Waals surface area (Å²) in [6, 6.07) is 8.89. The predicted octanol–water partition coefficient (Wildman–Crippen LogP) is 3.06. The number of hydrogen-bond donors (Lipinski definition) is 0. The van der Waals surface area contributed by atoms with E-state index in [0.717, 1.165) is 6.54 Å². The van der Waals surface area contributed by atoms with Crippen molar-refractivity contribution in [3.8, 4) is 0 Å². The summed E-state index contributed by atoms with van der Waals surface area (Å²) >= 11 is 1.76. The lowest BCUT2D eigenvalue weighted by Crippen LogP contribution is -2.36. The van der Waals surface area contributed by atoms with Gasteiger partial charge in [0.05, 0.1) is 0 Å². The molecule has 0 aromatic heterocycles. The minimum absolute atomic E-state index is 0.354. The van der Waals surface area contributed by atoms with Gasteiger partial charge in [-0.15, -0.1) is 0 Å². The molecule has 16 heavy (non-hydrogen) atoms. The van der Waals surface area contributed by atoms with Gasteiger partial charge in [0.25, 0.3) is 0 Å². The smallest absolute Gasteiger partial charge is 0.135 e. The first-order valence-electron chi connectivity index (χ1n) is 5.68. The zero-order chi connectivity index (χ0) is 11.5. The van der Waals surface area contributed by atoms with Gasteiger partial charge in [-0.2, -0.15) is 0 Å². The number of carbonyl (C=O) groups excluding carboxylic acids is 1. The van der Waals surface area contributed by atoms with Gasteiger partial charge in [0.2, 0.25) is 0 Å². The Morgan fingerprint density at radius 1 is 1.31 bits per heavy atom. The van der Waals surface area contributed by atoms with E-state index in [0.29, 0.717) is 24.7 Å². The Hall–Kier alpha value is -0.800. The zero-order valence-electron chi connectivity index (χ0n) is 9.77. The van der Waals surface area contributed by atoms with Gasteiger partial charge < -0.3 is 0 Å². The highest BCUT2D eigenvalue weighted by Gasteiger charge is 2.23. The molecule has 0 bridgehead atoms. The van der Waals surface area contributed by atoms with Crippen LogP contribution in [0.15, 0.2) is 29.2 Å². The lowest BCUT2D eigenvalue weighted by atomic mass is 10.1. The first kappa shape index (κ1) is 11.7. The third-order valence-electron chi connectivity index (χ3n) is 2.87. The monoisotopic (exact) mass is 235 g/mol. The molecule has 86 valence electrons. The number of ketones is 1. The second-order valence-electron chi connectivity index (χ2n) is 4.39. The largest absolute Gasteiger partial charge is 0.300 e. The van der Waals surface area contributed by atoms with Crippen LogP contribution < -0.4 is 0 Å². The fourth-order valence-corrected chi connectivity index (χ4v) is 2.82. The molecule has 0 N–H and O–H groups in total. The molecule has 0 saturated carbocycles. The van der Waals surface area contributed by atoms with E-state index in [1.54, 1.807) is 11.9 Å². The Labute approximate surface area is 101 Å². The standard InChI is InChI=1S/C13H17NOS/c1-10-3-5-13(6-4-10)16-14-8-7-12(15)9-11(14)2/h3-6,11H,7-9H2,1-2H3. The van der Waals surface area contributed by atoms with E-state index >= 15 is 0 Å². The lowest BCUT2D eigenvalue weighted by molar-refractivity contribution is -0.121. The topological polar surface area (TPSA) is 20.3 Å². The fourth-order valence-electron chi connectivity index (χ4n) is 1.86. The molecule has 1 saturated heterocycles. The Morgan fingerprint density at radius 2 is 2.00 bits per heavy atom. The molecule has 0 radical (unpaired) electrons. The molecule has 1 aromatic rings. The van der Waals surface area contributed by atoms with Crippen molar-refractivity contribution in [3.63, 3.8) is 0 Å². The summed E-state index contributed by atoms with van der Waals surface area (Å²) in [5.41, 5.74) is 1.28. The van der Waals surface area contributed by atoms with Gasteiger partial charge in [-0.3, -0.25) is 4.79 Å². The molecule has 0 aliphatic carbocycles. The lowest BCUT2D eigenvalue weighted by Gasteiger charge is -2.31. The van der Waals surface area contributed by atoms with E-state index in [1.807, 2.05) is 0 Å². The highest BCUT2D eigenvalue weighted by Crippen LogP contribution is 2.28. The second kappa shape index (κ2) is 5.02. The number of nitrogens with zero attached hydrogens (tertiary/aromatic N) is 1. The molecule has 1 aliphatic heterocycles. The molecule has 0 spiro atoms. The molecule has 1 atom stereocenters. The van der Waals surface area contributed by atoms with E-state index in [2.05, 4.69) is 42.4 Å². The van der Waals surface area contributed by atoms with Crippen LogP contribution in [0.4, 0.5) is 0 Å². The van der Waals surface area contributed by atoms with Crippen LogP contribution in [-0.2, 0) is 4.79 Å². The van der Waals surface area contributed by atoms with E-state index in [9.17, 15) is 4.79 Å². The van der Waals surface area contributed by atoms with Gasteiger partial charge in [-0.05, 0) is 37.9 Å². The SMILES string of the molecule is Cc1ccc(SN2CCC(=O)CC2C)cc1. The number of piperidine rings is 1. The maximum atomic E-state index is 11.3. The Kier molecular flexibility index (Phi) is 3.66. The number of hydrogen-bond acceptors (Lipinski definition) is 3. The zero-order valence-corrected chi connectivity index (χ0v) is 10.6. The average molecular weight is 235 g/mol. The summed E-state index contributed by atoms with van der Waals surface area (Å²) in [6.45, 7) is 5.09. The Balaban J connectivity index is 1.99. The predicted molar refractivity (Wildman–Crippen MR) is 67.4 cm³/mol. The highest BCUT2D eigenvalue weighted by atomic mass is 32.2. The highest BCUT2D eigenvalue weighted by molar-refractivity contribution is 7.97. The van der Waals surface area contributed by atoms with E-state index in [-0.39, 0.29) is 0 Å². The van der Waals surface area contributed by atoms with Crippen molar-refractivity contribution in [2.45, 2.75) is 37.6 Å². The molecule has 2 rings (SSSR count). The van der Waals surface area contributed by atoms with Crippen molar-refractivity contribution >= 4 is 17.7 Å². The number of rotatable bonds is 2. The van der Waals surface area contributed by atoms with Crippen LogP contribution >= 0.6 is 11.9 Å². The van der Waals surface area contributed by atoms with Crippen molar-refractivity contribution in [1.82, 2.24) is 4.31 Å². The first-order valence-corrected chi connectivity index (χ1v) is 6.45. The molecule has 1 aromatic carbocycles. The Bertz CT molecular complexity index is 374. The summed E-state index contributed by atoms with van der Waals surface area (Å²) in [5.74, 6) is 0.397. The number of Topliss-reactive ketones (excluding diaryl/α,β-unsaturated/α-hetero) is 1. The number of carbonyl (C=O) groups is 1. The van der Waals surface area contributed by atoms with Crippen LogP contribution in [0.1, 0.15) is 25.3 Å². The summed E-state index contributed by atoms with van der Waals surface area (Å²) in [4.78, 5) is 12.5. The van der Waals surface area contributed by atoms with Gasteiger partial charge in [-0.25, -0.2) is 4.31 Å². The molecule has 1 aliphatic rings. The fraction of sp³-hybridized carbons (Fsp3) is 0.462. The molecule has 1 unspecified atom stereocenters. The molecule has 2 nitrogen and oxygen atoms in total. The second-order valence-corrected chi connectivity index (χ2v) is 5.51.